The molecule has 0 spiro atoms. The lowest BCUT2D eigenvalue weighted by Crippen LogP contribution is -2.26. The van der Waals surface area contributed by atoms with Crippen LogP contribution in [0.3, 0.4) is 0 Å². The van der Waals surface area contributed by atoms with Gasteiger partial charge in [0.1, 0.15) is 5.75 Å². The summed E-state index contributed by atoms with van der Waals surface area (Å²) in [4.78, 5) is 12.4. The van der Waals surface area contributed by atoms with Crippen molar-refractivity contribution in [2.45, 2.75) is 25.8 Å². The summed E-state index contributed by atoms with van der Waals surface area (Å²) in [7, 11) is -1.71. The maximum atomic E-state index is 12.4. The maximum Gasteiger partial charge on any atom is 0.242 e. The van der Waals surface area contributed by atoms with Crippen LogP contribution in [0, 0.1) is 0 Å². The minimum absolute atomic E-state index is 0.0498. The van der Waals surface area contributed by atoms with Crippen molar-refractivity contribution in [3.8, 4) is 5.75 Å². The number of anilines is 1. The molecular formula is C20H23N3O4S. The van der Waals surface area contributed by atoms with E-state index in [0.29, 0.717) is 18.5 Å². The van der Waals surface area contributed by atoms with E-state index in [1.807, 2.05) is 31.2 Å². The predicted molar refractivity (Wildman–Crippen MR) is 109 cm³/mol. The van der Waals surface area contributed by atoms with Gasteiger partial charge in [-0.05, 0) is 35.4 Å². The van der Waals surface area contributed by atoms with Gasteiger partial charge < -0.3 is 4.74 Å². The molecule has 8 heteroatoms. The Morgan fingerprint density at radius 3 is 2.36 bits per heavy atom. The summed E-state index contributed by atoms with van der Waals surface area (Å²) in [5, 5.41) is 6.11. The number of rotatable bonds is 6. The molecule has 0 saturated carbocycles. The van der Waals surface area contributed by atoms with Crippen LogP contribution in [0.5, 0.6) is 5.75 Å². The summed E-state index contributed by atoms with van der Waals surface area (Å²) >= 11 is 0. The molecule has 3 rings (SSSR count). The molecule has 1 amide bonds. The second-order valence-electron chi connectivity index (χ2n) is 6.58. The fourth-order valence-electron chi connectivity index (χ4n) is 3.11. The van der Waals surface area contributed by atoms with E-state index in [0.717, 1.165) is 28.8 Å². The number of benzene rings is 2. The number of nitrogens with zero attached hydrogens (tertiary/aromatic N) is 2. The van der Waals surface area contributed by atoms with Crippen molar-refractivity contribution in [3.05, 3.63) is 59.7 Å². The van der Waals surface area contributed by atoms with Crippen molar-refractivity contribution in [2.24, 2.45) is 5.10 Å². The quantitative estimate of drug-likeness (QED) is 0.805. The first kappa shape index (κ1) is 19.9. The van der Waals surface area contributed by atoms with Crippen molar-refractivity contribution in [1.29, 1.82) is 0 Å². The standard InChI is InChI=1S/C20H23N3O4S/c1-4-20(24)23-19(15-7-11-17(27-2)12-8-15)13-18(21-23)14-5-9-16(10-6-14)22-28(3,25)26/h5-12,19,22H,4,13H2,1-3H3/t19-/m1/s1. The molecule has 1 heterocycles. The van der Waals surface area contributed by atoms with Gasteiger partial charge in [-0.2, -0.15) is 5.10 Å². The molecule has 0 unspecified atom stereocenters. The Balaban J connectivity index is 1.86. The Labute approximate surface area is 165 Å². The molecule has 0 saturated heterocycles. The molecule has 7 nitrogen and oxygen atoms in total. The van der Waals surface area contributed by atoms with E-state index < -0.39 is 10.0 Å². The summed E-state index contributed by atoms with van der Waals surface area (Å²) < 4.78 is 30.3. The lowest BCUT2D eigenvalue weighted by Gasteiger charge is -2.21. The van der Waals surface area contributed by atoms with Gasteiger partial charge in [0.05, 0.1) is 25.1 Å². The third kappa shape index (κ3) is 4.51. The van der Waals surface area contributed by atoms with Crippen LogP contribution in [-0.4, -0.2) is 38.4 Å². The Bertz CT molecular complexity index is 983. The highest BCUT2D eigenvalue weighted by Gasteiger charge is 2.32. The van der Waals surface area contributed by atoms with Gasteiger partial charge in [-0.15, -0.1) is 0 Å². The minimum atomic E-state index is -3.33. The number of amides is 1. The van der Waals surface area contributed by atoms with Crippen LogP contribution in [0.4, 0.5) is 5.69 Å². The first-order valence-corrected chi connectivity index (χ1v) is 10.8. The highest BCUT2D eigenvalue weighted by molar-refractivity contribution is 7.92. The molecule has 1 atom stereocenters. The van der Waals surface area contributed by atoms with E-state index in [2.05, 4.69) is 9.82 Å². The van der Waals surface area contributed by atoms with E-state index in [1.54, 1.807) is 36.4 Å². The van der Waals surface area contributed by atoms with Crippen LogP contribution in [0.2, 0.25) is 0 Å². The zero-order valence-electron chi connectivity index (χ0n) is 16.0. The number of sulfonamides is 1. The fraction of sp³-hybridized carbons (Fsp3) is 0.300. The van der Waals surface area contributed by atoms with Crippen molar-refractivity contribution in [3.63, 3.8) is 0 Å². The van der Waals surface area contributed by atoms with Gasteiger partial charge in [0.15, 0.2) is 0 Å². The average Bonchev–Trinajstić information content (AvgIpc) is 3.12. The van der Waals surface area contributed by atoms with Gasteiger partial charge in [-0.25, -0.2) is 13.4 Å². The summed E-state index contributed by atoms with van der Waals surface area (Å²) in [6.07, 6.45) is 2.05. The molecule has 0 fully saturated rings. The first-order valence-electron chi connectivity index (χ1n) is 8.92. The topological polar surface area (TPSA) is 88.1 Å². The Hall–Kier alpha value is -2.87. The predicted octanol–water partition coefficient (Wildman–Crippen LogP) is 3.15. The molecule has 0 aromatic heterocycles. The second kappa shape index (κ2) is 8.02. The van der Waals surface area contributed by atoms with Gasteiger partial charge in [0.2, 0.25) is 15.9 Å². The van der Waals surface area contributed by atoms with E-state index in [1.165, 1.54) is 0 Å². The summed E-state index contributed by atoms with van der Waals surface area (Å²) in [5.41, 5.74) is 3.10. The van der Waals surface area contributed by atoms with Crippen molar-refractivity contribution in [2.75, 3.05) is 18.1 Å². The van der Waals surface area contributed by atoms with Crippen LogP contribution in [-0.2, 0) is 14.8 Å². The molecule has 1 N–H and O–H groups in total. The van der Waals surface area contributed by atoms with Gasteiger partial charge in [0, 0.05) is 18.5 Å². The molecule has 1 aliphatic heterocycles. The maximum absolute atomic E-state index is 12.4. The van der Waals surface area contributed by atoms with Gasteiger partial charge in [0.25, 0.3) is 0 Å². The van der Waals surface area contributed by atoms with E-state index >= 15 is 0 Å². The number of ether oxygens (including phenoxy) is 1. The summed E-state index contributed by atoms with van der Waals surface area (Å²) in [5.74, 6) is 0.705. The molecular weight excluding hydrogens is 378 g/mol. The normalized spacial score (nSPS) is 16.6. The Kier molecular flexibility index (Phi) is 5.69. The third-order valence-corrected chi connectivity index (χ3v) is 5.10. The van der Waals surface area contributed by atoms with E-state index in [9.17, 15) is 13.2 Å². The van der Waals surface area contributed by atoms with Gasteiger partial charge in [-0.1, -0.05) is 31.2 Å². The Morgan fingerprint density at radius 2 is 1.82 bits per heavy atom. The number of methoxy groups -OCH3 is 1. The monoisotopic (exact) mass is 401 g/mol. The molecule has 28 heavy (non-hydrogen) atoms. The Morgan fingerprint density at radius 1 is 1.18 bits per heavy atom. The van der Waals surface area contributed by atoms with Crippen LogP contribution >= 0.6 is 0 Å². The van der Waals surface area contributed by atoms with Gasteiger partial charge in [-0.3, -0.25) is 9.52 Å². The van der Waals surface area contributed by atoms with Crippen molar-refractivity contribution in [1.82, 2.24) is 5.01 Å². The average molecular weight is 401 g/mol. The molecule has 0 bridgehead atoms. The second-order valence-corrected chi connectivity index (χ2v) is 8.33. The number of carbonyl (C=O) groups excluding carboxylic acids is 1. The van der Waals surface area contributed by atoms with Crippen molar-refractivity contribution < 1.29 is 17.9 Å². The number of hydrogen-bond donors (Lipinski definition) is 1. The lowest BCUT2D eigenvalue weighted by molar-refractivity contribution is -0.132. The summed E-state index contributed by atoms with van der Waals surface area (Å²) in [6.45, 7) is 1.81. The minimum Gasteiger partial charge on any atom is -0.497 e. The first-order chi connectivity index (χ1) is 13.3. The third-order valence-electron chi connectivity index (χ3n) is 4.49. The number of hydrogen-bond acceptors (Lipinski definition) is 5. The lowest BCUT2D eigenvalue weighted by atomic mass is 9.98. The highest BCUT2D eigenvalue weighted by atomic mass is 32.2. The molecule has 0 aliphatic carbocycles. The smallest absolute Gasteiger partial charge is 0.242 e. The number of nitrogens with one attached hydrogen (secondary N) is 1. The SMILES string of the molecule is CCC(=O)N1N=C(c2ccc(NS(C)(=O)=O)cc2)C[C@@H]1c1ccc(OC)cc1. The largest absolute Gasteiger partial charge is 0.497 e. The highest BCUT2D eigenvalue weighted by Crippen LogP contribution is 2.34. The number of hydrazone groups is 1. The van der Waals surface area contributed by atoms with E-state index in [4.69, 9.17) is 4.74 Å². The zero-order valence-corrected chi connectivity index (χ0v) is 16.9. The van der Waals surface area contributed by atoms with Crippen LogP contribution in [0.15, 0.2) is 53.6 Å². The molecule has 148 valence electrons. The number of carbonyl (C=O) groups is 1. The van der Waals surface area contributed by atoms with E-state index in [-0.39, 0.29) is 11.9 Å². The van der Waals surface area contributed by atoms with Crippen LogP contribution in [0.25, 0.3) is 0 Å². The molecule has 2 aromatic carbocycles. The zero-order chi connectivity index (χ0) is 20.3. The van der Waals surface area contributed by atoms with Crippen molar-refractivity contribution >= 4 is 27.3 Å². The fourth-order valence-corrected chi connectivity index (χ4v) is 3.67. The molecule has 0 radical (unpaired) electrons. The summed E-state index contributed by atoms with van der Waals surface area (Å²) in [6, 6.07) is 14.4. The van der Waals surface area contributed by atoms with Crippen LogP contribution < -0.4 is 9.46 Å². The molecule has 1 aliphatic rings. The van der Waals surface area contributed by atoms with Crippen LogP contribution in [0.1, 0.15) is 36.9 Å². The van der Waals surface area contributed by atoms with Gasteiger partial charge >= 0.3 is 0 Å². The molecule has 2 aromatic rings.